The van der Waals surface area contributed by atoms with Gasteiger partial charge in [-0.1, -0.05) is 6.92 Å². The third kappa shape index (κ3) is 2.74. The summed E-state index contributed by atoms with van der Waals surface area (Å²) in [7, 11) is 0. The van der Waals surface area contributed by atoms with Crippen molar-refractivity contribution < 1.29 is 9.66 Å². The first-order valence-corrected chi connectivity index (χ1v) is 4.03. The van der Waals surface area contributed by atoms with Crippen LogP contribution in [-0.4, -0.2) is 11.5 Å². The van der Waals surface area contributed by atoms with Crippen molar-refractivity contribution in [2.45, 2.75) is 13.3 Å². The predicted octanol–water partition coefficient (Wildman–Crippen LogP) is 2.18. The molecule has 0 aliphatic heterocycles. The molecule has 4 heteroatoms. The SMILES string of the molecule is CCCOc1c[c]c([N+](=O)[O-])cc1. The molecule has 0 atom stereocenters. The third-order valence-electron chi connectivity index (χ3n) is 1.44. The van der Waals surface area contributed by atoms with E-state index < -0.39 is 4.92 Å². The Bertz CT molecular complexity index is 281. The maximum atomic E-state index is 10.3. The molecule has 0 unspecified atom stereocenters. The summed E-state index contributed by atoms with van der Waals surface area (Å²) >= 11 is 0. The molecule has 0 N–H and O–H groups in total. The summed E-state index contributed by atoms with van der Waals surface area (Å²) in [4.78, 5) is 9.78. The summed E-state index contributed by atoms with van der Waals surface area (Å²) in [6.07, 6.45) is 0.914. The molecule has 0 spiro atoms. The number of hydrogen-bond acceptors (Lipinski definition) is 3. The number of nitro benzene ring substituents is 1. The summed E-state index contributed by atoms with van der Waals surface area (Å²) in [6.45, 7) is 2.61. The van der Waals surface area contributed by atoms with Crippen LogP contribution in [0.25, 0.3) is 0 Å². The molecule has 1 aromatic rings. The molecule has 0 heterocycles. The molecule has 0 fully saturated rings. The molecule has 0 amide bonds. The zero-order valence-corrected chi connectivity index (χ0v) is 7.32. The Hall–Kier alpha value is -1.58. The average molecular weight is 180 g/mol. The molecule has 13 heavy (non-hydrogen) atoms. The van der Waals surface area contributed by atoms with Crippen LogP contribution in [0.1, 0.15) is 13.3 Å². The zero-order chi connectivity index (χ0) is 9.68. The molecule has 0 aromatic heterocycles. The molecule has 0 aliphatic carbocycles. The van der Waals surface area contributed by atoms with Crippen molar-refractivity contribution in [1.82, 2.24) is 0 Å². The van der Waals surface area contributed by atoms with Crippen molar-refractivity contribution >= 4 is 5.69 Å². The van der Waals surface area contributed by atoms with Gasteiger partial charge in [-0.2, -0.15) is 0 Å². The van der Waals surface area contributed by atoms with Gasteiger partial charge in [0.25, 0.3) is 5.69 Å². The predicted molar refractivity (Wildman–Crippen MR) is 47.7 cm³/mol. The minimum atomic E-state index is -0.483. The van der Waals surface area contributed by atoms with Crippen LogP contribution in [0.2, 0.25) is 0 Å². The van der Waals surface area contributed by atoms with E-state index >= 15 is 0 Å². The first kappa shape index (κ1) is 9.51. The summed E-state index contributed by atoms with van der Waals surface area (Å²) in [5.74, 6) is 0.618. The van der Waals surface area contributed by atoms with Crippen molar-refractivity contribution in [3.05, 3.63) is 34.4 Å². The van der Waals surface area contributed by atoms with E-state index in [-0.39, 0.29) is 5.69 Å². The van der Waals surface area contributed by atoms with Gasteiger partial charge < -0.3 is 4.74 Å². The normalized spacial score (nSPS) is 9.62. The number of benzene rings is 1. The largest absolute Gasteiger partial charge is 0.494 e. The van der Waals surface area contributed by atoms with Gasteiger partial charge in [0.15, 0.2) is 0 Å². The van der Waals surface area contributed by atoms with E-state index in [0.717, 1.165) is 6.42 Å². The number of rotatable bonds is 4. The second-order valence-electron chi connectivity index (χ2n) is 2.52. The molecular formula is C9H10NO3. The first-order chi connectivity index (χ1) is 6.24. The van der Waals surface area contributed by atoms with Crippen LogP contribution in [-0.2, 0) is 0 Å². The van der Waals surface area contributed by atoms with E-state index in [2.05, 4.69) is 6.07 Å². The Labute approximate surface area is 76.3 Å². The number of ether oxygens (including phenoxy) is 1. The Kier molecular flexibility index (Phi) is 3.25. The van der Waals surface area contributed by atoms with Crippen LogP contribution in [0, 0.1) is 16.2 Å². The Morgan fingerprint density at radius 2 is 2.38 bits per heavy atom. The summed E-state index contributed by atoms with van der Waals surface area (Å²) in [5.41, 5.74) is -0.0381. The Morgan fingerprint density at radius 1 is 1.62 bits per heavy atom. The maximum Gasteiger partial charge on any atom is 0.277 e. The lowest BCUT2D eigenvalue weighted by Gasteiger charge is -2.02. The van der Waals surface area contributed by atoms with Gasteiger partial charge in [-0.25, -0.2) is 0 Å². The van der Waals surface area contributed by atoms with E-state index in [1.807, 2.05) is 6.92 Å². The Morgan fingerprint density at radius 3 is 2.85 bits per heavy atom. The first-order valence-electron chi connectivity index (χ1n) is 4.03. The number of nitro groups is 1. The number of hydrogen-bond donors (Lipinski definition) is 0. The fourth-order valence-corrected chi connectivity index (χ4v) is 0.826. The molecule has 1 rings (SSSR count). The maximum absolute atomic E-state index is 10.3. The van der Waals surface area contributed by atoms with Gasteiger partial charge >= 0.3 is 0 Å². The van der Waals surface area contributed by atoms with Gasteiger partial charge in [0.2, 0.25) is 0 Å². The molecule has 1 aromatic carbocycles. The van der Waals surface area contributed by atoms with E-state index in [1.165, 1.54) is 12.1 Å². The highest BCUT2D eigenvalue weighted by molar-refractivity contribution is 5.34. The summed E-state index contributed by atoms with van der Waals surface area (Å²) < 4.78 is 5.24. The van der Waals surface area contributed by atoms with Crippen LogP contribution >= 0.6 is 0 Å². The fraction of sp³-hybridized carbons (Fsp3) is 0.333. The van der Waals surface area contributed by atoms with Crippen LogP contribution < -0.4 is 4.74 Å². The lowest BCUT2D eigenvalue weighted by atomic mass is 10.3. The minimum absolute atomic E-state index is 0.0381. The average Bonchev–Trinajstić information content (AvgIpc) is 2.15. The van der Waals surface area contributed by atoms with E-state index in [0.29, 0.717) is 12.4 Å². The van der Waals surface area contributed by atoms with Crippen molar-refractivity contribution in [2.75, 3.05) is 6.61 Å². The molecule has 0 aliphatic rings. The highest BCUT2D eigenvalue weighted by Crippen LogP contribution is 2.16. The van der Waals surface area contributed by atoms with E-state index in [1.54, 1.807) is 6.07 Å². The summed E-state index contributed by atoms with van der Waals surface area (Å²) in [6, 6.07) is 6.95. The van der Waals surface area contributed by atoms with Gasteiger partial charge in [0.05, 0.1) is 17.6 Å². The topological polar surface area (TPSA) is 52.4 Å². The van der Waals surface area contributed by atoms with Gasteiger partial charge in [0, 0.05) is 6.07 Å². The lowest BCUT2D eigenvalue weighted by molar-refractivity contribution is -0.385. The van der Waals surface area contributed by atoms with Crippen LogP contribution in [0.15, 0.2) is 18.2 Å². The van der Waals surface area contributed by atoms with Gasteiger partial charge in [-0.3, -0.25) is 10.1 Å². The summed E-state index contributed by atoms with van der Waals surface area (Å²) in [5, 5.41) is 10.3. The van der Waals surface area contributed by atoms with Crippen molar-refractivity contribution in [1.29, 1.82) is 0 Å². The minimum Gasteiger partial charge on any atom is -0.494 e. The molecule has 0 saturated carbocycles. The smallest absolute Gasteiger partial charge is 0.277 e. The molecule has 69 valence electrons. The van der Waals surface area contributed by atoms with Crippen molar-refractivity contribution in [2.24, 2.45) is 0 Å². The third-order valence-corrected chi connectivity index (χ3v) is 1.44. The second kappa shape index (κ2) is 4.45. The van der Waals surface area contributed by atoms with Crippen molar-refractivity contribution in [3.8, 4) is 5.75 Å². The molecule has 0 saturated heterocycles. The second-order valence-corrected chi connectivity index (χ2v) is 2.52. The van der Waals surface area contributed by atoms with Crippen LogP contribution in [0.4, 0.5) is 5.69 Å². The molecule has 0 bridgehead atoms. The number of nitrogens with zero attached hydrogens (tertiary/aromatic N) is 1. The van der Waals surface area contributed by atoms with Crippen molar-refractivity contribution in [3.63, 3.8) is 0 Å². The van der Waals surface area contributed by atoms with Gasteiger partial charge in [-0.15, -0.1) is 0 Å². The molecule has 4 nitrogen and oxygen atoms in total. The zero-order valence-electron chi connectivity index (χ0n) is 7.32. The van der Waals surface area contributed by atoms with Crippen LogP contribution in [0.3, 0.4) is 0 Å². The lowest BCUT2D eigenvalue weighted by Crippen LogP contribution is -1.95. The fourth-order valence-electron chi connectivity index (χ4n) is 0.826. The highest BCUT2D eigenvalue weighted by atomic mass is 16.6. The van der Waals surface area contributed by atoms with Crippen LogP contribution in [0.5, 0.6) is 5.75 Å². The van der Waals surface area contributed by atoms with Gasteiger partial charge in [-0.05, 0) is 18.6 Å². The monoisotopic (exact) mass is 180 g/mol. The van der Waals surface area contributed by atoms with E-state index in [9.17, 15) is 10.1 Å². The van der Waals surface area contributed by atoms with Gasteiger partial charge in [0.1, 0.15) is 5.75 Å². The Balaban J connectivity index is 2.64. The quantitative estimate of drug-likeness (QED) is 0.527. The number of non-ortho nitro benzene ring substituents is 1. The standard InChI is InChI=1S/C9H10NO3/c1-2-7-13-9-5-3-8(4-6-9)10(11)12/h3,5-6H,2,7H2,1H3. The van der Waals surface area contributed by atoms with E-state index in [4.69, 9.17) is 4.74 Å². The molecule has 1 radical (unpaired) electrons. The molecular weight excluding hydrogens is 170 g/mol. The highest BCUT2D eigenvalue weighted by Gasteiger charge is 2.04.